The number of halogens is 1. The van der Waals surface area contributed by atoms with Gasteiger partial charge >= 0.3 is 0 Å². The van der Waals surface area contributed by atoms with E-state index in [1.807, 2.05) is 25.1 Å². The molecule has 0 aliphatic carbocycles. The van der Waals surface area contributed by atoms with E-state index in [-0.39, 0.29) is 6.04 Å². The SMILES string of the molecule is CCN(c1ccc(C)cc1)c1ccc(C(C)N)cc1Cl. The Morgan fingerprint density at radius 2 is 1.80 bits per heavy atom. The lowest BCUT2D eigenvalue weighted by Crippen LogP contribution is -2.16. The van der Waals surface area contributed by atoms with E-state index >= 15 is 0 Å². The van der Waals surface area contributed by atoms with Crippen molar-refractivity contribution in [3.05, 3.63) is 58.6 Å². The molecule has 0 amide bonds. The van der Waals surface area contributed by atoms with Gasteiger partial charge in [-0.15, -0.1) is 0 Å². The second-order valence-electron chi connectivity index (χ2n) is 5.08. The van der Waals surface area contributed by atoms with Gasteiger partial charge in [-0.1, -0.05) is 35.4 Å². The van der Waals surface area contributed by atoms with Gasteiger partial charge in [-0.25, -0.2) is 0 Å². The lowest BCUT2D eigenvalue weighted by Gasteiger charge is -2.25. The molecule has 0 bridgehead atoms. The Hall–Kier alpha value is -1.51. The molecule has 0 heterocycles. The van der Waals surface area contributed by atoms with Gasteiger partial charge in [0.05, 0.1) is 10.7 Å². The number of nitrogens with two attached hydrogens (primary N) is 1. The molecule has 0 saturated carbocycles. The highest BCUT2D eigenvalue weighted by atomic mass is 35.5. The largest absolute Gasteiger partial charge is 0.341 e. The monoisotopic (exact) mass is 288 g/mol. The fourth-order valence-electron chi connectivity index (χ4n) is 2.24. The summed E-state index contributed by atoms with van der Waals surface area (Å²) >= 11 is 6.43. The number of rotatable bonds is 4. The summed E-state index contributed by atoms with van der Waals surface area (Å²) in [5.74, 6) is 0. The zero-order chi connectivity index (χ0) is 14.7. The van der Waals surface area contributed by atoms with Crippen LogP contribution < -0.4 is 10.6 Å². The second-order valence-corrected chi connectivity index (χ2v) is 5.49. The first-order valence-corrected chi connectivity index (χ1v) is 7.30. The van der Waals surface area contributed by atoms with Crippen molar-refractivity contribution in [3.8, 4) is 0 Å². The molecule has 2 rings (SSSR count). The van der Waals surface area contributed by atoms with Gasteiger partial charge in [0.1, 0.15) is 0 Å². The molecule has 0 aliphatic heterocycles. The van der Waals surface area contributed by atoms with Crippen molar-refractivity contribution < 1.29 is 0 Å². The van der Waals surface area contributed by atoms with E-state index < -0.39 is 0 Å². The highest BCUT2D eigenvalue weighted by molar-refractivity contribution is 6.33. The van der Waals surface area contributed by atoms with Crippen LogP contribution in [0.4, 0.5) is 11.4 Å². The molecule has 2 aromatic carbocycles. The predicted molar refractivity (Wildman–Crippen MR) is 87.9 cm³/mol. The van der Waals surface area contributed by atoms with Crippen LogP contribution in [0.25, 0.3) is 0 Å². The summed E-state index contributed by atoms with van der Waals surface area (Å²) in [7, 11) is 0. The van der Waals surface area contributed by atoms with Crippen LogP contribution in [-0.2, 0) is 0 Å². The fourth-order valence-corrected chi connectivity index (χ4v) is 2.53. The van der Waals surface area contributed by atoms with Gasteiger partial charge in [0.25, 0.3) is 0 Å². The van der Waals surface area contributed by atoms with Gasteiger partial charge < -0.3 is 10.6 Å². The third-order valence-electron chi connectivity index (χ3n) is 3.45. The van der Waals surface area contributed by atoms with Crippen molar-refractivity contribution in [2.75, 3.05) is 11.4 Å². The van der Waals surface area contributed by atoms with E-state index in [0.717, 1.165) is 28.5 Å². The molecule has 0 saturated heterocycles. The first kappa shape index (κ1) is 14.9. The number of benzene rings is 2. The molecule has 2 aromatic rings. The highest BCUT2D eigenvalue weighted by Crippen LogP contribution is 2.33. The lowest BCUT2D eigenvalue weighted by molar-refractivity contribution is 0.818. The Morgan fingerprint density at radius 1 is 1.15 bits per heavy atom. The maximum atomic E-state index is 6.43. The summed E-state index contributed by atoms with van der Waals surface area (Å²) in [5.41, 5.74) is 10.4. The lowest BCUT2D eigenvalue weighted by atomic mass is 10.1. The molecule has 3 heteroatoms. The molecule has 0 spiro atoms. The Bertz CT molecular complexity index is 576. The van der Waals surface area contributed by atoms with Crippen molar-refractivity contribution in [3.63, 3.8) is 0 Å². The van der Waals surface area contributed by atoms with Crippen LogP contribution in [0.5, 0.6) is 0 Å². The van der Waals surface area contributed by atoms with Gasteiger partial charge in [-0.3, -0.25) is 0 Å². The van der Waals surface area contributed by atoms with Crippen molar-refractivity contribution in [1.29, 1.82) is 0 Å². The molecule has 2 N–H and O–H groups in total. The Labute approximate surface area is 126 Å². The standard InChI is InChI=1S/C17H21ClN2/c1-4-20(15-8-5-12(2)6-9-15)17-10-7-14(13(3)19)11-16(17)18/h5-11,13H,4,19H2,1-3H3. The van der Waals surface area contributed by atoms with Gasteiger partial charge in [-0.2, -0.15) is 0 Å². The zero-order valence-electron chi connectivity index (χ0n) is 12.2. The molecule has 2 nitrogen and oxygen atoms in total. The molecule has 1 atom stereocenters. The third kappa shape index (κ3) is 3.14. The van der Waals surface area contributed by atoms with E-state index in [2.05, 4.69) is 43.0 Å². The van der Waals surface area contributed by atoms with Crippen molar-refractivity contribution in [1.82, 2.24) is 0 Å². The van der Waals surface area contributed by atoms with Crippen LogP contribution in [-0.4, -0.2) is 6.54 Å². The van der Waals surface area contributed by atoms with Crippen LogP contribution in [0.3, 0.4) is 0 Å². The van der Waals surface area contributed by atoms with E-state index in [4.69, 9.17) is 17.3 Å². The van der Waals surface area contributed by atoms with E-state index in [1.165, 1.54) is 5.56 Å². The summed E-state index contributed by atoms with van der Waals surface area (Å²) in [6.45, 7) is 7.03. The highest BCUT2D eigenvalue weighted by Gasteiger charge is 2.12. The minimum absolute atomic E-state index is 0.00370. The van der Waals surface area contributed by atoms with Crippen molar-refractivity contribution in [2.24, 2.45) is 5.73 Å². The number of nitrogens with zero attached hydrogens (tertiary/aromatic N) is 1. The Morgan fingerprint density at radius 3 is 2.30 bits per heavy atom. The van der Waals surface area contributed by atoms with Crippen LogP contribution in [0.2, 0.25) is 5.02 Å². The average Bonchev–Trinajstić information content (AvgIpc) is 2.43. The summed E-state index contributed by atoms with van der Waals surface area (Å²) in [6.07, 6.45) is 0. The third-order valence-corrected chi connectivity index (χ3v) is 3.75. The molecule has 1 unspecified atom stereocenters. The fraction of sp³-hybridized carbons (Fsp3) is 0.294. The van der Waals surface area contributed by atoms with Gasteiger partial charge in [0, 0.05) is 18.3 Å². The average molecular weight is 289 g/mol. The number of anilines is 2. The molecule has 106 valence electrons. The van der Waals surface area contributed by atoms with E-state index in [9.17, 15) is 0 Å². The van der Waals surface area contributed by atoms with Gasteiger partial charge in [0.15, 0.2) is 0 Å². The summed E-state index contributed by atoms with van der Waals surface area (Å²) in [4.78, 5) is 2.20. The van der Waals surface area contributed by atoms with Crippen LogP contribution in [0.15, 0.2) is 42.5 Å². The van der Waals surface area contributed by atoms with E-state index in [1.54, 1.807) is 0 Å². The molecule has 0 aliphatic rings. The maximum Gasteiger partial charge on any atom is 0.0646 e. The maximum absolute atomic E-state index is 6.43. The van der Waals surface area contributed by atoms with Crippen molar-refractivity contribution >= 4 is 23.0 Å². The van der Waals surface area contributed by atoms with Crippen LogP contribution >= 0.6 is 11.6 Å². The molecule has 0 aromatic heterocycles. The number of hydrogen-bond donors (Lipinski definition) is 1. The van der Waals surface area contributed by atoms with Gasteiger partial charge in [0.2, 0.25) is 0 Å². The summed E-state index contributed by atoms with van der Waals surface area (Å²) in [6, 6.07) is 14.5. The summed E-state index contributed by atoms with van der Waals surface area (Å²) < 4.78 is 0. The topological polar surface area (TPSA) is 29.3 Å². The first-order valence-electron chi connectivity index (χ1n) is 6.92. The number of aryl methyl sites for hydroxylation is 1. The van der Waals surface area contributed by atoms with Crippen molar-refractivity contribution in [2.45, 2.75) is 26.8 Å². The van der Waals surface area contributed by atoms with Crippen LogP contribution in [0, 0.1) is 6.92 Å². The smallest absolute Gasteiger partial charge is 0.0646 e. The molecule has 0 fully saturated rings. The minimum atomic E-state index is -0.00370. The predicted octanol–water partition coefficient (Wildman–Crippen LogP) is 4.83. The Kier molecular flexibility index (Phi) is 4.69. The summed E-state index contributed by atoms with van der Waals surface area (Å²) in [5, 5.41) is 0.738. The Balaban J connectivity index is 2.39. The normalized spacial score (nSPS) is 12.2. The molecular formula is C17H21ClN2. The van der Waals surface area contributed by atoms with Gasteiger partial charge in [-0.05, 0) is 50.6 Å². The minimum Gasteiger partial charge on any atom is -0.341 e. The van der Waals surface area contributed by atoms with Crippen LogP contribution in [0.1, 0.15) is 31.0 Å². The molecule has 0 radical (unpaired) electrons. The zero-order valence-corrected chi connectivity index (χ0v) is 13.0. The van der Waals surface area contributed by atoms with E-state index in [0.29, 0.717) is 0 Å². The quantitative estimate of drug-likeness (QED) is 0.873. The second kappa shape index (κ2) is 6.29. The number of hydrogen-bond acceptors (Lipinski definition) is 2. The molecular weight excluding hydrogens is 268 g/mol. The first-order chi connectivity index (χ1) is 9.52. The molecule has 20 heavy (non-hydrogen) atoms.